The SMILES string of the molecule is CCO[C@H]1CC[C@]2(C)C3CC[C@]4(C)[C@H](c5ccc(=O)oc5)CC[C@]4(O)C3CC[C@@H]2C1. The van der Waals surface area contributed by atoms with Crippen LogP contribution in [-0.4, -0.2) is 23.4 Å². The zero-order valence-corrected chi connectivity index (χ0v) is 18.9. The molecule has 2 unspecified atom stereocenters. The fraction of sp³-hybridized carbons (Fsp3) is 0.808. The van der Waals surface area contributed by atoms with Crippen molar-refractivity contribution in [2.75, 3.05) is 6.61 Å². The molecular weight excluding hydrogens is 376 g/mol. The molecule has 4 aliphatic carbocycles. The molecule has 0 radical (unpaired) electrons. The molecule has 30 heavy (non-hydrogen) atoms. The predicted octanol–water partition coefficient (Wildman–Crippen LogP) is 5.29. The van der Waals surface area contributed by atoms with Gasteiger partial charge in [-0.3, -0.25) is 0 Å². The molecule has 0 amide bonds. The highest BCUT2D eigenvalue weighted by Gasteiger charge is 2.67. The summed E-state index contributed by atoms with van der Waals surface area (Å²) in [5, 5.41) is 12.3. The first kappa shape index (κ1) is 20.8. The van der Waals surface area contributed by atoms with Gasteiger partial charge in [-0.1, -0.05) is 13.8 Å². The van der Waals surface area contributed by atoms with Crippen molar-refractivity contribution >= 4 is 0 Å². The molecule has 4 nitrogen and oxygen atoms in total. The summed E-state index contributed by atoms with van der Waals surface area (Å²) in [6.07, 6.45) is 12.2. The molecule has 0 aromatic carbocycles. The van der Waals surface area contributed by atoms with Gasteiger partial charge in [0.2, 0.25) is 0 Å². The second kappa shape index (κ2) is 7.20. The molecule has 1 N–H and O–H groups in total. The van der Waals surface area contributed by atoms with Gasteiger partial charge in [-0.25, -0.2) is 4.79 Å². The van der Waals surface area contributed by atoms with Crippen molar-refractivity contribution in [3.63, 3.8) is 0 Å². The first-order valence-electron chi connectivity index (χ1n) is 12.2. The molecule has 5 rings (SSSR count). The van der Waals surface area contributed by atoms with Crippen molar-refractivity contribution in [2.24, 2.45) is 28.6 Å². The van der Waals surface area contributed by atoms with Gasteiger partial charge in [0.05, 0.1) is 18.0 Å². The number of rotatable bonds is 3. The van der Waals surface area contributed by atoms with Crippen LogP contribution in [0.25, 0.3) is 0 Å². The van der Waals surface area contributed by atoms with E-state index in [1.165, 1.54) is 38.2 Å². The number of hydrogen-bond acceptors (Lipinski definition) is 4. The average molecular weight is 415 g/mol. The Kier molecular flexibility index (Phi) is 4.98. The normalized spacial score (nSPS) is 47.9. The molecule has 0 saturated heterocycles. The lowest BCUT2D eigenvalue weighted by Crippen LogP contribution is -2.62. The molecule has 4 aliphatic rings. The summed E-state index contributed by atoms with van der Waals surface area (Å²) < 4.78 is 11.2. The summed E-state index contributed by atoms with van der Waals surface area (Å²) in [5.74, 6) is 2.01. The molecule has 8 atom stereocenters. The molecule has 1 aromatic heterocycles. The van der Waals surface area contributed by atoms with Crippen LogP contribution in [0.15, 0.2) is 27.6 Å². The Morgan fingerprint density at radius 2 is 1.90 bits per heavy atom. The van der Waals surface area contributed by atoms with Crippen LogP contribution in [0, 0.1) is 28.6 Å². The van der Waals surface area contributed by atoms with Crippen molar-refractivity contribution in [3.05, 3.63) is 34.4 Å². The Morgan fingerprint density at radius 1 is 1.07 bits per heavy atom. The Labute approximate surface area is 180 Å². The third-order valence-corrected chi connectivity index (χ3v) is 10.3. The smallest absolute Gasteiger partial charge is 0.335 e. The lowest BCUT2D eigenvalue weighted by atomic mass is 9.43. The largest absolute Gasteiger partial charge is 0.431 e. The number of ether oxygens (including phenoxy) is 1. The van der Waals surface area contributed by atoms with Gasteiger partial charge < -0.3 is 14.3 Å². The standard InChI is InChI=1S/C26H38O4/c1-4-29-19-9-12-24(2)18(15-19)6-7-22-21(24)10-13-25(3)20(11-14-26(22,25)28)17-5-8-23(27)30-16-17/h5,8,16,18-22,28H,4,6-7,9-15H2,1-3H3/t18-,19+,20+,21?,22?,24+,25-,26+/m1/s1. The monoisotopic (exact) mass is 414 g/mol. The molecule has 1 heterocycles. The van der Waals surface area contributed by atoms with Crippen LogP contribution in [0.4, 0.5) is 0 Å². The summed E-state index contributed by atoms with van der Waals surface area (Å²) in [4.78, 5) is 11.5. The van der Waals surface area contributed by atoms with Gasteiger partial charge in [-0.2, -0.15) is 0 Å². The lowest BCUT2D eigenvalue weighted by molar-refractivity contribution is -0.207. The molecule has 0 spiro atoms. The van der Waals surface area contributed by atoms with Crippen LogP contribution in [0.1, 0.15) is 90.0 Å². The minimum atomic E-state index is -0.610. The summed E-state index contributed by atoms with van der Waals surface area (Å²) in [6.45, 7) is 7.77. The van der Waals surface area contributed by atoms with Crippen molar-refractivity contribution in [2.45, 2.75) is 96.2 Å². The quantitative estimate of drug-likeness (QED) is 0.730. The minimum Gasteiger partial charge on any atom is -0.431 e. The van der Waals surface area contributed by atoms with Gasteiger partial charge in [0, 0.05) is 18.1 Å². The van der Waals surface area contributed by atoms with E-state index in [0.717, 1.165) is 43.8 Å². The highest BCUT2D eigenvalue weighted by molar-refractivity contribution is 5.27. The van der Waals surface area contributed by atoms with E-state index in [-0.39, 0.29) is 17.0 Å². The lowest BCUT2D eigenvalue weighted by Gasteiger charge is -2.63. The third kappa shape index (κ3) is 2.82. The van der Waals surface area contributed by atoms with E-state index in [1.807, 2.05) is 6.07 Å². The van der Waals surface area contributed by atoms with Gasteiger partial charge in [-0.05, 0) is 105 Å². The van der Waals surface area contributed by atoms with Gasteiger partial charge in [0.25, 0.3) is 0 Å². The van der Waals surface area contributed by atoms with Crippen LogP contribution >= 0.6 is 0 Å². The Balaban J connectivity index is 1.43. The summed E-state index contributed by atoms with van der Waals surface area (Å²) >= 11 is 0. The molecule has 4 fully saturated rings. The molecule has 166 valence electrons. The van der Waals surface area contributed by atoms with E-state index in [0.29, 0.717) is 23.4 Å². The maximum absolute atomic E-state index is 12.3. The van der Waals surface area contributed by atoms with Crippen LogP contribution < -0.4 is 5.63 Å². The van der Waals surface area contributed by atoms with E-state index >= 15 is 0 Å². The second-order valence-corrected chi connectivity index (χ2v) is 11.2. The van der Waals surface area contributed by atoms with Crippen LogP contribution in [0.5, 0.6) is 0 Å². The highest BCUT2D eigenvalue weighted by atomic mass is 16.5. The Bertz CT molecular complexity index is 827. The van der Waals surface area contributed by atoms with E-state index in [4.69, 9.17) is 9.15 Å². The first-order valence-corrected chi connectivity index (χ1v) is 12.2. The van der Waals surface area contributed by atoms with Crippen molar-refractivity contribution in [1.29, 1.82) is 0 Å². The fourth-order valence-electron chi connectivity index (χ4n) is 8.67. The molecular formula is C26H38O4. The molecule has 0 aliphatic heterocycles. The number of hydrogen-bond donors (Lipinski definition) is 1. The summed E-state index contributed by atoms with van der Waals surface area (Å²) in [7, 11) is 0. The molecule has 4 heteroatoms. The Hall–Kier alpha value is -1.13. The zero-order valence-electron chi connectivity index (χ0n) is 18.9. The summed E-state index contributed by atoms with van der Waals surface area (Å²) in [6, 6.07) is 3.46. The maximum Gasteiger partial charge on any atom is 0.335 e. The van der Waals surface area contributed by atoms with Crippen molar-refractivity contribution < 1.29 is 14.3 Å². The van der Waals surface area contributed by atoms with E-state index in [1.54, 1.807) is 6.26 Å². The van der Waals surface area contributed by atoms with Gasteiger partial charge >= 0.3 is 5.63 Å². The van der Waals surface area contributed by atoms with Gasteiger partial charge in [-0.15, -0.1) is 0 Å². The summed E-state index contributed by atoms with van der Waals surface area (Å²) in [5.41, 5.74) is 0.380. The Morgan fingerprint density at radius 3 is 2.63 bits per heavy atom. The average Bonchev–Trinajstić information content (AvgIpc) is 3.01. The van der Waals surface area contributed by atoms with Crippen LogP contribution in [0.2, 0.25) is 0 Å². The van der Waals surface area contributed by atoms with Crippen molar-refractivity contribution in [3.8, 4) is 0 Å². The molecule has 0 bridgehead atoms. The van der Waals surface area contributed by atoms with Gasteiger partial charge in [0.15, 0.2) is 0 Å². The predicted molar refractivity (Wildman–Crippen MR) is 116 cm³/mol. The van der Waals surface area contributed by atoms with E-state index in [2.05, 4.69) is 20.8 Å². The van der Waals surface area contributed by atoms with Gasteiger partial charge in [0.1, 0.15) is 0 Å². The van der Waals surface area contributed by atoms with Crippen LogP contribution in [0.3, 0.4) is 0 Å². The van der Waals surface area contributed by atoms with E-state index < -0.39 is 5.60 Å². The first-order chi connectivity index (χ1) is 14.3. The minimum absolute atomic E-state index is 0.139. The van der Waals surface area contributed by atoms with Crippen molar-refractivity contribution in [1.82, 2.24) is 0 Å². The highest BCUT2D eigenvalue weighted by Crippen LogP contribution is 2.70. The third-order valence-electron chi connectivity index (χ3n) is 10.3. The number of aliphatic hydroxyl groups is 1. The fourth-order valence-corrected chi connectivity index (χ4v) is 8.67. The topological polar surface area (TPSA) is 59.7 Å². The maximum atomic E-state index is 12.3. The molecule has 4 saturated carbocycles. The zero-order chi connectivity index (χ0) is 21.1. The second-order valence-electron chi connectivity index (χ2n) is 11.2. The molecule has 1 aromatic rings. The number of fused-ring (bicyclic) bond motifs is 5. The van der Waals surface area contributed by atoms with E-state index in [9.17, 15) is 9.90 Å². The van der Waals surface area contributed by atoms with Crippen LogP contribution in [-0.2, 0) is 4.74 Å².